The summed E-state index contributed by atoms with van der Waals surface area (Å²) >= 11 is 3.38. The summed E-state index contributed by atoms with van der Waals surface area (Å²) in [6.45, 7) is 0.990. The normalized spacial score (nSPS) is 31.9. The molecule has 0 aromatic carbocycles. The van der Waals surface area contributed by atoms with Gasteiger partial charge in [0.2, 0.25) is 5.91 Å². The average molecular weight is 322 g/mol. The molecule has 0 radical (unpaired) electrons. The molecule has 19 heavy (non-hydrogen) atoms. The number of rotatable bonds is 3. The molecule has 0 spiro atoms. The van der Waals surface area contributed by atoms with Crippen LogP contribution in [0.25, 0.3) is 0 Å². The van der Waals surface area contributed by atoms with E-state index in [1.807, 2.05) is 6.07 Å². The first-order valence-electron chi connectivity index (χ1n) is 6.93. The van der Waals surface area contributed by atoms with Gasteiger partial charge < -0.3 is 10.6 Å². The highest BCUT2D eigenvalue weighted by Crippen LogP contribution is 2.46. The Bertz CT molecular complexity index is 543. The number of carbonyl (C=O) groups excluding carboxylic acids is 1. The number of halogens is 1. The van der Waals surface area contributed by atoms with Gasteiger partial charge in [-0.05, 0) is 71.1 Å². The fourth-order valence-electron chi connectivity index (χ4n) is 3.10. The Morgan fingerprint density at radius 1 is 1.42 bits per heavy atom. The monoisotopic (exact) mass is 321 g/mol. The van der Waals surface area contributed by atoms with Gasteiger partial charge in [-0.25, -0.2) is 4.98 Å². The third kappa shape index (κ3) is 2.19. The summed E-state index contributed by atoms with van der Waals surface area (Å²) in [7, 11) is 0. The zero-order chi connectivity index (χ0) is 13.0. The van der Waals surface area contributed by atoms with Crippen LogP contribution in [0.1, 0.15) is 30.7 Å². The van der Waals surface area contributed by atoms with E-state index in [0.717, 1.165) is 22.9 Å². The van der Waals surface area contributed by atoms with Crippen molar-refractivity contribution in [1.82, 2.24) is 10.3 Å². The highest BCUT2D eigenvalue weighted by molar-refractivity contribution is 9.10. The largest absolute Gasteiger partial charge is 0.309 e. The highest BCUT2D eigenvalue weighted by Gasteiger charge is 2.51. The number of anilines is 1. The van der Waals surface area contributed by atoms with Gasteiger partial charge in [-0.15, -0.1) is 0 Å². The maximum absolute atomic E-state index is 12.3. The maximum atomic E-state index is 12.3. The molecule has 2 saturated carbocycles. The number of aromatic nitrogens is 1. The van der Waals surface area contributed by atoms with Crippen molar-refractivity contribution in [3.63, 3.8) is 0 Å². The fraction of sp³-hybridized carbons (Fsp3) is 0.571. The lowest BCUT2D eigenvalue weighted by Gasteiger charge is -2.15. The van der Waals surface area contributed by atoms with E-state index in [1.165, 1.54) is 24.8 Å². The molecule has 4 nitrogen and oxygen atoms in total. The van der Waals surface area contributed by atoms with E-state index in [9.17, 15) is 4.79 Å². The lowest BCUT2D eigenvalue weighted by Crippen LogP contribution is -2.39. The average Bonchev–Trinajstić information content (AvgIpc) is 3.29. The molecule has 1 aromatic heterocycles. The number of pyridine rings is 1. The number of hydrogen-bond acceptors (Lipinski definition) is 3. The van der Waals surface area contributed by atoms with Gasteiger partial charge in [0.25, 0.3) is 0 Å². The third-order valence-electron chi connectivity index (χ3n) is 4.44. The Hall–Kier alpha value is -0.940. The van der Waals surface area contributed by atoms with Crippen molar-refractivity contribution >= 4 is 27.7 Å². The van der Waals surface area contributed by atoms with Crippen molar-refractivity contribution in [1.29, 1.82) is 0 Å². The lowest BCUT2D eigenvalue weighted by molar-refractivity contribution is -0.118. The number of amides is 1. The molecule has 0 bridgehead atoms. The SMILES string of the molecule is O=C(Nc1nc(Br)ccc1C1CC1)C1NCC2CC21. The number of fused-ring (bicyclic) bond motifs is 1. The summed E-state index contributed by atoms with van der Waals surface area (Å²) in [4.78, 5) is 16.8. The molecule has 5 heteroatoms. The Labute approximate surface area is 120 Å². The minimum absolute atomic E-state index is 0.0159. The summed E-state index contributed by atoms with van der Waals surface area (Å²) < 4.78 is 0.774. The number of nitrogens with one attached hydrogen (secondary N) is 2. The Kier molecular flexibility index (Phi) is 2.67. The number of piperidine rings is 1. The van der Waals surface area contributed by atoms with Crippen LogP contribution in [-0.4, -0.2) is 23.5 Å². The molecule has 3 aliphatic rings. The Morgan fingerprint density at radius 3 is 2.89 bits per heavy atom. The molecule has 1 aromatic rings. The minimum atomic E-state index is -0.0159. The molecule has 2 aliphatic carbocycles. The molecule has 4 rings (SSSR count). The van der Waals surface area contributed by atoms with Gasteiger partial charge in [0.15, 0.2) is 0 Å². The van der Waals surface area contributed by atoms with E-state index in [2.05, 4.69) is 37.6 Å². The minimum Gasteiger partial charge on any atom is -0.309 e. The van der Waals surface area contributed by atoms with Crippen LogP contribution in [0.2, 0.25) is 0 Å². The second-order valence-electron chi connectivity index (χ2n) is 5.88. The van der Waals surface area contributed by atoms with E-state index in [-0.39, 0.29) is 11.9 Å². The summed E-state index contributed by atoms with van der Waals surface area (Å²) in [5.74, 6) is 2.69. The molecule has 2 heterocycles. The Morgan fingerprint density at radius 2 is 2.26 bits per heavy atom. The van der Waals surface area contributed by atoms with E-state index in [0.29, 0.717) is 11.8 Å². The van der Waals surface area contributed by atoms with Gasteiger partial charge in [-0.1, -0.05) is 6.07 Å². The number of carbonyl (C=O) groups is 1. The van der Waals surface area contributed by atoms with Crippen LogP contribution in [0.5, 0.6) is 0 Å². The smallest absolute Gasteiger partial charge is 0.242 e. The predicted octanol–water partition coefficient (Wildman–Crippen LogP) is 2.27. The molecular formula is C14H16BrN3O. The van der Waals surface area contributed by atoms with Crippen LogP contribution in [0.4, 0.5) is 5.82 Å². The highest BCUT2D eigenvalue weighted by atomic mass is 79.9. The molecular weight excluding hydrogens is 306 g/mol. The van der Waals surface area contributed by atoms with Crippen LogP contribution in [-0.2, 0) is 4.79 Å². The van der Waals surface area contributed by atoms with Crippen molar-refractivity contribution in [3.8, 4) is 0 Å². The number of hydrogen-bond donors (Lipinski definition) is 2. The molecule has 3 atom stereocenters. The third-order valence-corrected chi connectivity index (χ3v) is 4.88. The standard InChI is InChI=1S/C14H16BrN3O/c15-11-4-3-9(7-1-2-7)13(17-11)18-14(19)12-10-5-8(10)6-16-12/h3-4,7-8,10,12,16H,1-2,5-6H2,(H,17,18,19). The molecule has 100 valence electrons. The predicted molar refractivity (Wildman–Crippen MR) is 75.9 cm³/mol. The van der Waals surface area contributed by atoms with Crippen LogP contribution in [0.15, 0.2) is 16.7 Å². The van der Waals surface area contributed by atoms with Gasteiger partial charge in [0.05, 0.1) is 6.04 Å². The lowest BCUT2D eigenvalue weighted by atomic mass is 10.1. The maximum Gasteiger partial charge on any atom is 0.242 e. The van der Waals surface area contributed by atoms with Crippen molar-refractivity contribution in [2.24, 2.45) is 11.8 Å². The topological polar surface area (TPSA) is 54.0 Å². The Balaban J connectivity index is 1.55. The van der Waals surface area contributed by atoms with E-state index >= 15 is 0 Å². The van der Waals surface area contributed by atoms with Gasteiger partial charge in [-0.3, -0.25) is 4.79 Å². The number of nitrogens with zero attached hydrogens (tertiary/aromatic N) is 1. The fourth-order valence-corrected chi connectivity index (χ4v) is 3.40. The summed E-state index contributed by atoms with van der Waals surface area (Å²) in [5.41, 5.74) is 1.18. The quantitative estimate of drug-likeness (QED) is 0.840. The van der Waals surface area contributed by atoms with Crippen molar-refractivity contribution in [2.75, 3.05) is 11.9 Å². The molecule has 3 fully saturated rings. The first kappa shape index (κ1) is 11.9. The summed E-state index contributed by atoms with van der Waals surface area (Å²) in [6, 6.07) is 4.01. The second kappa shape index (κ2) is 4.28. The first-order valence-corrected chi connectivity index (χ1v) is 7.72. The molecule has 1 saturated heterocycles. The summed E-state index contributed by atoms with van der Waals surface area (Å²) in [6.07, 6.45) is 3.61. The van der Waals surface area contributed by atoms with E-state index in [1.54, 1.807) is 0 Å². The van der Waals surface area contributed by atoms with Gasteiger partial charge in [-0.2, -0.15) is 0 Å². The summed E-state index contributed by atoms with van der Waals surface area (Å²) in [5, 5.41) is 6.33. The van der Waals surface area contributed by atoms with Crippen molar-refractivity contribution in [3.05, 3.63) is 22.3 Å². The molecule has 3 unspecified atom stereocenters. The van der Waals surface area contributed by atoms with Crippen LogP contribution in [0.3, 0.4) is 0 Å². The zero-order valence-electron chi connectivity index (χ0n) is 10.5. The molecule has 1 amide bonds. The second-order valence-corrected chi connectivity index (χ2v) is 6.69. The van der Waals surface area contributed by atoms with E-state index < -0.39 is 0 Å². The van der Waals surface area contributed by atoms with Gasteiger partial charge in [0.1, 0.15) is 10.4 Å². The van der Waals surface area contributed by atoms with Gasteiger partial charge in [0, 0.05) is 0 Å². The zero-order valence-corrected chi connectivity index (χ0v) is 12.1. The van der Waals surface area contributed by atoms with Crippen LogP contribution in [0, 0.1) is 11.8 Å². The molecule has 1 aliphatic heterocycles. The van der Waals surface area contributed by atoms with Crippen molar-refractivity contribution < 1.29 is 4.79 Å². The van der Waals surface area contributed by atoms with Crippen LogP contribution < -0.4 is 10.6 Å². The van der Waals surface area contributed by atoms with Crippen molar-refractivity contribution in [2.45, 2.75) is 31.2 Å². The van der Waals surface area contributed by atoms with Gasteiger partial charge >= 0.3 is 0 Å². The van der Waals surface area contributed by atoms with E-state index in [4.69, 9.17) is 0 Å². The van der Waals surface area contributed by atoms with Crippen LogP contribution >= 0.6 is 15.9 Å². The first-order chi connectivity index (χ1) is 9.22. The molecule has 2 N–H and O–H groups in total.